The van der Waals surface area contributed by atoms with Crippen LogP contribution >= 0.6 is 0 Å². The first-order chi connectivity index (χ1) is 8.80. The minimum absolute atomic E-state index is 0.0383. The lowest BCUT2D eigenvalue weighted by atomic mass is 10.2. The molecule has 0 atom stereocenters. The molecule has 5 nitrogen and oxygen atoms in total. The Labute approximate surface area is 115 Å². The van der Waals surface area contributed by atoms with Crippen LogP contribution in [0.5, 0.6) is 0 Å². The number of rotatable bonds is 7. The van der Waals surface area contributed by atoms with E-state index in [4.69, 9.17) is 5.73 Å². The Morgan fingerprint density at radius 1 is 1.37 bits per heavy atom. The Balaban J connectivity index is 2.49. The molecular formula is C13H23N3O2S. The summed E-state index contributed by atoms with van der Waals surface area (Å²) in [5.41, 5.74) is 6.90. The Hall–Kier alpha value is -1.11. The largest absolute Gasteiger partial charge is 0.399 e. The molecule has 0 aromatic heterocycles. The van der Waals surface area contributed by atoms with E-state index >= 15 is 0 Å². The molecule has 1 rings (SSSR count). The first-order valence-electron chi connectivity index (χ1n) is 6.32. The molecule has 0 amide bonds. The Morgan fingerprint density at radius 2 is 2.05 bits per heavy atom. The number of likely N-dealkylation sites (N-methyl/N-ethyl adjacent to an activating group) is 1. The zero-order chi connectivity index (χ0) is 14.5. The third-order valence-corrected chi connectivity index (χ3v) is 4.33. The summed E-state index contributed by atoms with van der Waals surface area (Å²) in [4.78, 5) is 2.09. The summed E-state index contributed by atoms with van der Waals surface area (Å²) in [5.74, 6) is -0.0383. The molecule has 0 aliphatic carbocycles. The summed E-state index contributed by atoms with van der Waals surface area (Å²) in [5, 5.41) is 0. The van der Waals surface area contributed by atoms with Gasteiger partial charge in [0.15, 0.2) is 0 Å². The molecule has 6 heteroatoms. The van der Waals surface area contributed by atoms with Gasteiger partial charge in [-0.15, -0.1) is 0 Å². The van der Waals surface area contributed by atoms with Crippen LogP contribution in [0.3, 0.4) is 0 Å². The van der Waals surface area contributed by atoms with E-state index in [1.807, 2.05) is 7.05 Å². The maximum absolute atomic E-state index is 11.9. The van der Waals surface area contributed by atoms with Crippen molar-refractivity contribution in [3.8, 4) is 0 Å². The monoisotopic (exact) mass is 285 g/mol. The van der Waals surface area contributed by atoms with Crippen molar-refractivity contribution in [3.63, 3.8) is 0 Å². The van der Waals surface area contributed by atoms with E-state index < -0.39 is 10.0 Å². The number of benzene rings is 1. The van der Waals surface area contributed by atoms with Crippen LogP contribution in [0.1, 0.15) is 19.4 Å². The van der Waals surface area contributed by atoms with Crippen LogP contribution in [-0.2, 0) is 15.8 Å². The summed E-state index contributed by atoms with van der Waals surface area (Å²) in [6.07, 6.45) is 0. The average molecular weight is 285 g/mol. The van der Waals surface area contributed by atoms with Gasteiger partial charge in [-0.1, -0.05) is 12.1 Å². The fraction of sp³-hybridized carbons (Fsp3) is 0.538. The molecule has 0 saturated heterocycles. The first kappa shape index (κ1) is 15.9. The molecule has 0 saturated carbocycles. The highest BCUT2D eigenvalue weighted by Gasteiger charge is 2.12. The number of nitrogens with zero attached hydrogens (tertiary/aromatic N) is 1. The predicted molar refractivity (Wildman–Crippen MR) is 79.2 cm³/mol. The smallest absolute Gasteiger partial charge is 0.215 e. The average Bonchev–Trinajstić information content (AvgIpc) is 2.27. The second kappa shape index (κ2) is 6.88. The minimum atomic E-state index is -3.30. The summed E-state index contributed by atoms with van der Waals surface area (Å²) < 4.78 is 26.4. The van der Waals surface area contributed by atoms with Gasteiger partial charge in [0.1, 0.15) is 0 Å². The molecule has 0 aliphatic heterocycles. The van der Waals surface area contributed by atoms with Crippen molar-refractivity contribution < 1.29 is 8.42 Å². The van der Waals surface area contributed by atoms with Crippen LogP contribution in [0.15, 0.2) is 24.3 Å². The van der Waals surface area contributed by atoms with Crippen LogP contribution in [-0.4, -0.2) is 39.5 Å². The highest BCUT2D eigenvalue weighted by atomic mass is 32.2. The molecule has 108 valence electrons. The molecule has 1 aromatic carbocycles. The molecule has 0 spiro atoms. The van der Waals surface area contributed by atoms with Crippen molar-refractivity contribution in [1.29, 1.82) is 0 Å². The second-order valence-electron chi connectivity index (χ2n) is 4.97. The highest BCUT2D eigenvalue weighted by Crippen LogP contribution is 2.09. The summed E-state index contributed by atoms with van der Waals surface area (Å²) in [7, 11) is -1.34. The van der Waals surface area contributed by atoms with Crippen molar-refractivity contribution in [3.05, 3.63) is 29.8 Å². The molecule has 0 aliphatic rings. The van der Waals surface area contributed by atoms with Gasteiger partial charge in [0.05, 0.1) is 5.75 Å². The van der Waals surface area contributed by atoms with Crippen LogP contribution in [0.4, 0.5) is 5.69 Å². The van der Waals surface area contributed by atoms with Gasteiger partial charge in [-0.05, 0) is 38.6 Å². The van der Waals surface area contributed by atoms with Gasteiger partial charge in [-0.3, -0.25) is 0 Å². The third kappa shape index (κ3) is 6.04. The number of nitrogens with two attached hydrogens (primary N) is 1. The van der Waals surface area contributed by atoms with Gasteiger partial charge in [-0.25, -0.2) is 13.1 Å². The molecule has 0 heterocycles. The summed E-state index contributed by atoms with van der Waals surface area (Å²) >= 11 is 0. The van der Waals surface area contributed by atoms with Gasteiger partial charge < -0.3 is 10.6 Å². The topological polar surface area (TPSA) is 75.4 Å². The van der Waals surface area contributed by atoms with Gasteiger partial charge in [0.25, 0.3) is 0 Å². The van der Waals surface area contributed by atoms with E-state index in [9.17, 15) is 8.42 Å². The Bertz CT molecular complexity index is 500. The second-order valence-corrected chi connectivity index (χ2v) is 6.78. The molecule has 0 fully saturated rings. The van der Waals surface area contributed by atoms with E-state index in [0.29, 0.717) is 30.4 Å². The van der Waals surface area contributed by atoms with Crippen LogP contribution in [0.2, 0.25) is 0 Å². The van der Waals surface area contributed by atoms with E-state index in [1.54, 1.807) is 24.3 Å². The van der Waals surface area contributed by atoms with E-state index in [-0.39, 0.29) is 5.75 Å². The summed E-state index contributed by atoms with van der Waals surface area (Å²) in [6.45, 7) is 5.25. The van der Waals surface area contributed by atoms with Gasteiger partial charge >= 0.3 is 0 Å². The fourth-order valence-corrected chi connectivity index (χ4v) is 2.71. The minimum Gasteiger partial charge on any atom is -0.399 e. The highest BCUT2D eigenvalue weighted by molar-refractivity contribution is 7.88. The Kier molecular flexibility index (Phi) is 5.78. The van der Waals surface area contributed by atoms with Gasteiger partial charge in [0.2, 0.25) is 10.0 Å². The number of hydrogen-bond acceptors (Lipinski definition) is 4. The SMILES string of the molecule is CC(C)N(C)CCNS(=O)(=O)Cc1cccc(N)c1. The van der Waals surface area contributed by atoms with E-state index in [0.717, 1.165) is 0 Å². The number of hydrogen-bond donors (Lipinski definition) is 2. The zero-order valence-electron chi connectivity index (χ0n) is 11.8. The quantitative estimate of drug-likeness (QED) is 0.734. The molecule has 3 N–H and O–H groups in total. The fourth-order valence-electron chi connectivity index (χ4n) is 1.59. The van der Waals surface area contributed by atoms with Gasteiger partial charge in [0, 0.05) is 24.8 Å². The van der Waals surface area contributed by atoms with E-state index in [1.165, 1.54) is 0 Å². The van der Waals surface area contributed by atoms with Crippen molar-refractivity contribution >= 4 is 15.7 Å². The number of anilines is 1. The number of sulfonamides is 1. The standard InChI is InChI=1S/C13H23N3O2S/c1-11(2)16(3)8-7-15-19(17,18)10-12-5-4-6-13(14)9-12/h4-6,9,11,15H,7-8,10,14H2,1-3H3. The van der Waals surface area contributed by atoms with Gasteiger partial charge in [-0.2, -0.15) is 0 Å². The van der Waals surface area contributed by atoms with Crippen LogP contribution < -0.4 is 10.5 Å². The van der Waals surface area contributed by atoms with Crippen molar-refractivity contribution in [2.24, 2.45) is 0 Å². The third-order valence-electron chi connectivity index (χ3n) is 2.98. The molecule has 1 aromatic rings. The number of nitrogen functional groups attached to an aromatic ring is 1. The normalized spacial score (nSPS) is 12.3. The zero-order valence-corrected chi connectivity index (χ0v) is 12.6. The maximum Gasteiger partial charge on any atom is 0.215 e. The first-order valence-corrected chi connectivity index (χ1v) is 7.97. The molecule has 0 bridgehead atoms. The lowest BCUT2D eigenvalue weighted by molar-refractivity contribution is 0.278. The van der Waals surface area contributed by atoms with Crippen molar-refractivity contribution in [1.82, 2.24) is 9.62 Å². The van der Waals surface area contributed by atoms with Crippen molar-refractivity contribution in [2.75, 3.05) is 25.9 Å². The molecule has 19 heavy (non-hydrogen) atoms. The molecule has 0 radical (unpaired) electrons. The van der Waals surface area contributed by atoms with E-state index in [2.05, 4.69) is 23.5 Å². The number of nitrogens with one attached hydrogen (secondary N) is 1. The summed E-state index contributed by atoms with van der Waals surface area (Å²) in [6, 6.07) is 7.34. The lowest BCUT2D eigenvalue weighted by Crippen LogP contribution is -2.36. The maximum atomic E-state index is 11.9. The predicted octanol–water partition coefficient (Wildman–Crippen LogP) is 1.03. The van der Waals surface area contributed by atoms with Crippen LogP contribution in [0, 0.1) is 0 Å². The molecule has 0 unspecified atom stereocenters. The van der Waals surface area contributed by atoms with Crippen LogP contribution in [0.25, 0.3) is 0 Å². The Morgan fingerprint density at radius 3 is 2.63 bits per heavy atom. The van der Waals surface area contributed by atoms with Crippen molar-refractivity contribution in [2.45, 2.75) is 25.6 Å². The lowest BCUT2D eigenvalue weighted by Gasteiger charge is -2.20. The molecular weight excluding hydrogens is 262 g/mol.